The lowest BCUT2D eigenvalue weighted by Gasteiger charge is -2.16. The molecule has 1 aliphatic rings. The number of carbonyl (C=O) groups excluding carboxylic acids is 1. The molecule has 124 valence electrons. The second-order valence-corrected chi connectivity index (χ2v) is 5.69. The van der Waals surface area contributed by atoms with Gasteiger partial charge in [-0.3, -0.25) is 4.79 Å². The molecule has 0 unspecified atom stereocenters. The van der Waals surface area contributed by atoms with Crippen molar-refractivity contribution in [1.82, 2.24) is 9.88 Å². The van der Waals surface area contributed by atoms with Crippen LogP contribution in [-0.4, -0.2) is 34.9 Å². The van der Waals surface area contributed by atoms with E-state index in [-0.39, 0.29) is 42.7 Å². The summed E-state index contributed by atoms with van der Waals surface area (Å²) in [6.45, 7) is 1.16. The van der Waals surface area contributed by atoms with Gasteiger partial charge in [-0.15, -0.1) is 24.8 Å². The SMILES string of the molecule is Cl.Cl.N[C@@H]1CN(C(=O)c2ccc(Cl)cn2)C[C@H]1c1ccccc1. The normalized spacial score (nSPS) is 19.7. The number of carbonyl (C=O) groups is 1. The highest BCUT2D eigenvalue weighted by molar-refractivity contribution is 6.30. The Labute approximate surface area is 152 Å². The van der Waals surface area contributed by atoms with Crippen molar-refractivity contribution in [3.8, 4) is 0 Å². The van der Waals surface area contributed by atoms with E-state index >= 15 is 0 Å². The zero-order valence-electron chi connectivity index (χ0n) is 12.3. The van der Waals surface area contributed by atoms with Crippen molar-refractivity contribution in [1.29, 1.82) is 0 Å². The van der Waals surface area contributed by atoms with Gasteiger partial charge in [0.2, 0.25) is 0 Å². The third-order valence-electron chi connectivity index (χ3n) is 3.83. The maximum absolute atomic E-state index is 12.4. The summed E-state index contributed by atoms with van der Waals surface area (Å²) >= 11 is 5.79. The van der Waals surface area contributed by atoms with Gasteiger partial charge in [0.25, 0.3) is 5.91 Å². The number of halogens is 3. The molecule has 2 atom stereocenters. The molecule has 0 radical (unpaired) electrons. The Morgan fingerprint density at radius 2 is 1.83 bits per heavy atom. The predicted molar refractivity (Wildman–Crippen MR) is 96.8 cm³/mol. The molecule has 3 rings (SSSR count). The number of benzene rings is 1. The Morgan fingerprint density at radius 1 is 1.13 bits per heavy atom. The van der Waals surface area contributed by atoms with E-state index in [1.807, 2.05) is 18.2 Å². The largest absolute Gasteiger partial charge is 0.335 e. The Bertz CT molecular complexity index is 637. The predicted octanol–water partition coefficient (Wildman–Crippen LogP) is 3.15. The van der Waals surface area contributed by atoms with E-state index in [1.165, 1.54) is 11.8 Å². The van der Waals surface area contributed by atoms with Crippen LogP contribution in [0.4, 0.5) is 0 Å². The molecule has 1 aliphatic heterocycles. The van der Waals surface area contributed by atoms with Crippen LogP contribution in [0.3, 0.4) is 0 Å². The molecule has 1 aromatic carbocycles. The van der Waals surface area contributed by atoms with Crippen LogP contribution >= 0.6 is 36.4 Å². The Morgan fingerprint density at radius 3 is 2.43 bits per heavy atom. The lowest BCUT2D eigenvalue weighted by molar-refractivity contribution is 0.0783. The number of nitrogens with zero attached hydrogens (tertiary/aromatic N) is 2. The van der Waals surface area contributed by atoms with Crippen LogP contribution in [-0.2, 0) is 0 Å². The summed E-state index contributed by atoms with van der Waals surface area (Å²) in [6.07, 6.45) is 1.49. The van der Waals surface area contributed by atoms with Crippen LogP contribution in [0.1, 0.15) is 22.0 Å². The van der Waals surface area contributed by atoms with E-state index in [0.717, 1.165) is 0 Å². The second-order valence-electron chi connectivity index (χ2n) is 5.25. The first-order valence-electron chi connectivity index (χ1n) is 6.86. The number of nitrogens with two attached hydrogens (primary N) is 1. The van der Waals surface area contributed by atoms with Gasteiger partial charge < -0.3 is 10.6 Å². The molecule has 0 saturated carbocycles. The summed E-state index contributed by atoms with van der Waals surface area (Å²) in [4.78, 5) is 18.3. The van der Waals surface area contributed by atoms with E-state index < -0.39 is 0 Å². The highest BCUT2D eigenvalue weighted by Gasteiger charge is 2.34. The molecule has 1 saturated heterocycles. The Kier molecular flexibility index (Phi) is 7.29. The standard InChI is InChI=1S/C16H16ClN3O.2ClH/c17-12-6-7-15(19-8-12)16(21)20-9-13(14(18)10-20)11-4-2-1-3-5-11;;/h1-8,13-14H,9-10,18H2;2*1H/t13-,14+;;/m0../s1. The van der Waals surface area contributed by atoms with Gasteiger partial charge in [0, 0.05) is 31.2 Å². The fraction of sp³-hybridized carbons (Fsp3) is 0.250. The Hall–Kier alpha value is -1.33. The van der Waals surface area contributed by atoms with Gasteiger partial charge in [-0.25, -0.2) is 4.98 Å². The fourth-order valence-corrected chi connectivity index (χ4v) is 2.82. The van der Waals surface area contributed by atoms with E-state index in [4.69, 9.17) is 17.3 Å². The highest BCUT2D eigenvalue weighted by Crippen LogP contribution is 2.27. The Balaban J connectivity index is 0.00000132. The number of likely N-dealkylation sites (tertiary alicyclic amines) is 1. The van der Waals surface area contributed by atoms with E-state index in [0.29, 0.717) is 23.8 Å². The molecule has 4 nitrogen and oxygen atoms in total. The van der Waals surface area contributed by atoms with Crippen molar-refractivity contribution in [2.45, 2.75) is 12.0 Å². The van der Waals surface area contributed by atoms with Crippen molar-refractivity contribution >= 4 is 42.3 Å². The first-order valence-corrected chi connectivity index (χ1v) is 7.24. The van der Waals surface area contributed by atoms with E-state index in [1.54, 1.807) is 17.0 Å². The van der Waals surface area contributed by atoms with Gasteiger partial charge in [0.1, 0.15) is 5.69 Å². The summed E-state index contributed by atoms with van der Waals surface area (Å²) < 4.78 is 0. The van der Waals surface area contributed by atoms with Crippen molar-refractivity contribution < 1.29 is 4.79 Å². The molecule has 2 heterocycles. The molecule has 2 aromatic rings. The highest BCUT2D eigenvalue weighted by atomic mass is 35.5. The third-order valence-corrected chi connectivity index (χ3v) is 4.05. The molecule has 0 aliphatic carbocycles. The van der Waals surface area contributed by atoms with Crippen LogP contribution in [0.25, 0.3) is 0 Å². The molecule has 7 heteroatoms. The number of aromatic nitrogens is 1. The summed E-state index contributed by atoms with van der Waals surface area (Å²) in [5.74, 6) is 0.0722. The third kappa shape index (κ3) is 4.36. The zero-order valence-corrected chi connectivity index (χ0v) is 14.7. The van der Waals surface area contributed by atoms with Crippen LogP contribution in [0.2, 0.25) is 5.02 Å². The first kappa shape index (κ1) is 19.7. The van der Waals surface area contributed by atoms with Crippen molar-refractivity contribution in [2.24, 2.45) is 5.73 Å². The molecule has 1 fully saturated rings. The van der Waals surface area contributed by atoms with Crippen LogP contribution in [0.15, 0.2) is 48.7 Å². The van der Waals surface area contributed by atoms with Crippen molar-refractivity contribution in [3.05, 3.63) is 64.9 Å². The summed E-state index contributed by atoms with van der Waals surface area (Å²) in [5, 5.41) is 0.520. The number of rotatable bonds is 2. The summed E-state index contributed by atoms with van der Waals surface area (Å²) in [6, 6.07) is 13.3. The van der Waals surface area contributed by atoms with E-state index in [2.05, 4.69) is 17.1 Å². The molecule has 0 bridgehead atoms. The van der Waals surface area contributed by atoms with Gasteiger partial charge in [-0.1, -0.05) is 41.9 Å². The molecule has 2 N–H and O–H groups in total. The topological polar surface area (TPSA) is 59.2 Å². The molecular formula is C16H18Cl3N3O. The molecule has 1 aromatic heterocycles. The average Bonchev–Trinajstić information content (AvgIpc) is 2.90. The van der Waals surface area contributed by atoms with E-state index in [9.17, 15) is 4.79 Å². The number of amides is 1. The van der Waals surface area contributed by atoms with Crippen LogP contribution in [0, 0.1) is 0 Å². The quantitative estimate of drug-likeness (QED) is 0.878. The summed E-state index contributed by atoms with van der Waals surface area (Å²) in [5.41, 5.74) is 7.78. The maximum Gasteiger partial charge on any atom is 0.272 e. The number of pyridine rings is 1. The molecule has 0 spiro atoms. The minimum Gasteiger partial charge on any atom is -0.335 e. The minimum absolute atomic E-state index is 0. The first-order chi connectivity index (χ1) is 10.1. The molecular weight excluding hydrogens is 357 g/mol. The van der Waals surface area contributed by atoms with Gasteiger partial charge in [-0.05, 0) is 17.7 Å². The van der Waals surface area contributed by atoms with Crippen molar-refractivity contribution in [3.63, 3.8) is 0 Å². The maximum atomic E-state index is 12.4. The number of hydrogen-bond donors (Lipinski definition) is 1. The van der Waals surface area contributed by atoms with Crippen LogP contribution < -0.4 is 5.73 Å². The van der Waals surface area contributed by atoms with Crippen molar-refractivity contribution in [2.75, 3.05) is 13.1 Å². The van der Waals surface area contributed by atoms with Crippen LogP contribution in [0.5, 0.6) is 0 Å². The lowest BCUT2D eigenvalue weighted by Crippen LogP contribution is -2.32. The zero-order chi connectivity index (χ0) is 14.8. The average molecular weight is 375 g/mol. The molecule has 1 amide bonds. The van der Waals surface area contributed by atoms with Gasteiger partial charge in [-0.2, -0.15) is 0 Å². The number of hydrogen-bond acceptors (Lipinski definition) is 3. The second kappa shape index (κ2) is 8.50. The van der Waals surface area contributed by atoms with Gasteiger partial charge >= 0.3 is 0 Å². The minimum atomic E-state index is -0.0967. The summed E-state index contributed by atoms with van der Waals surface area (Å²) in [7, 11) is 0. The van der Waals surface area contributed by atoms with Gasteiger partial charge in [0.15, 0.2) is 0 Å². The molecule has 23 heavy (non-hydrogen) atoms. The lowest BCUT2D eigenvalue weighted by atomic mass is 9.95. The fourth-order valence-electron chi connectivity index (χ4n) is 2.71. The van der Waals surface area contributed by atoms with Gasteiger partial charge in [0.05, 0.1) is 5.02 Å². The monoisotopic (exact) mass is 373 g/mol. The smallest absolute Gasteiger partial charge is 0.272 e.